The predicted octanol–water partition coefficient (Wildman–Crippen LogP) is 5.48. The van der Waals surface area contributed by atoms with Crippen molar-refractivity contribution < 1.29 is 9.53 Å². The van der Waals surface area contributed by atoms with Gasteiger partial charge in [-0.1, -0.05) is 53.6 Å². The highest BCUT2D eigenvalue weighted by molar-refractivity contribution is 6.33. The lowest BCUT2D eigenvalue weighted by molar-refractivity contribution is 0.102. The molecule has 3 rings (SSSR count). The maximum absolute atomic E-state index is 12.3. The predicted molar refractivity (Wildman–Crippen MR) is 101 cm³/mol. The summed E-state index contributed by atoms with van der Waals surface area (Å²) in [7, 11) is 0. The van der Waals surface area contributed by atoms with Gasteiger partial charge in [-0.05, 0) is 48.9 Å². The average Bonchev–Trinajstić information content (AvgIpc) is 2.63. The number of benzene rings is 3. The third-order valence-electron chi connectivity index (χ3n) is 3.76. The monoisotopic (exact) mass is 351 g/mol. The summed E-state index contributed by atoms with van der Waals surface area (Å²) < 4.78 is 5.74. The molecule has 0 saturated carbocycles. The van der Waals surface area contributed by atoms with Crippen molar-refractivity contribution in [2.75, 3.05) is 5.32 Å². The van der Waals surface area contributed by atoms with Gasteiger partial charge in [0.05, 0.1) is 10.7 Å². The van der Waals surface area contributed by atoms with Crippen LogP contribution in [0.5, 0.6) is 5.75 Å². The average molecular weight is 352 g/mol. The Balaban J connectivity index is 1.60. The molecule has 0 heterocycles. The highest BCUT2D eigenvalue weighted by Gasteiger charge is 2.08. The van der Waals surface area contributed by atoms with Crippen LogP contribution in [0.1, 0.15) is 21.5 Å². The van der Waals surface area contributed by atoms with Crippen LogP contribution in [0.2, 0.25) is 5.02 Å². The third kappa shape index (κ3) is 4.61. The smallest absolute Gasteiger partial charge is 0.255 e. The van der Waals surface area contributed by atoms with Crippen LogP contribution in [0.4, 0.5) is 5.69 Å². The first-order valence-corrected chi connectivity index (χ1v) is 8.34. The first kappa shape index (κ1) is 17.1. The molecule has 3 nitrogen and oxygen atoms in total. The number of anilines is 1. The fourth-order valence-corrected chi connectivity index (χ4v) is 2.49. The number of aryl methyl sites for hydroxylation is 1. The van der Waals surface area contributed by atoms with Crippen LogP contribution in [0.25, 0.3) is 0 Å². The fraction of sp³-hybridized carbons (Fsp3) is 0.0952. The number of nitrogens with one attached hydrogen (secondary N) is 1. The van der Waals surface area contributed by atoms with Crippen molar-refractivity contribution >= 4 is 23.2 Å². The maximum Gasteiger partial charge on any atom is 0.255 e. The Morgan fingerprint density at radius 3 is 2.32 bits per heavy atom. The van der Waals surface area contributed by atoms with Gasteiger partial charge in [0.1, 0.15) is 12.4 Å². The molecule has 0 unspecified atom stereocenters. The first-order valence-electron chi connectivity index (χ1n) is 7.96. The zero-order valence-corrected chi connectivity index (χ0v) is 14.6. The third-order valence-corrected chi connectivity index (χ3v) is 4.09. The highest BCUT2D eigenvalue weighted by Crippen LogP contribution is 2.21. The van der Waals surface area contributed by atoms with Crippen LogP contribution in [0.3, 0.4) is 0 Å². The SMILES string of the molecule is Cc1ccc(OCc2ccc(C(=O)Nc3ccccc3Cl)cc2)cc1. The number of para-hydroxylation sites is 1. The second kappa shape index (κ2) is 7.86. The first-order chi connectivity index (χ1) is 12.1. The normalized spacial score (nSPS) is 10.3. The van der Waals surface area contributed by atoms with E-state index in [2.05, 4.69) is 5.32 Å². The summed E-state index contributed by atoms with van der Waals surface area (Å²) in [6.45, 7) is 2.49. The zero-order chi connectivity index (χ0) is 17.6. The van der Waals surface area contributed by atoms with Gasteiger partial charge in [0, 0.05) is 5.56 Å². The number of ether oxygens (including phenoxy) is 1. The minimum atomic E-state index is -0.195. The fourth-order valence-electron chi connectivity index (χ4n) is 2.31. The number of hydrogen-bond donors (Lipinski definition) is 1. The van der Waals surface area contributed by atoms with E-state index in [0.29, 0.717) is 22.9 Å². The maximum atomic E-state index is 12.3. The van der Waals surface area contributed by atoms with E-state index in [1.165, 1.54) is 5.56 Å². The van der Waals surface area contributed by atoms with Gasteiger partial charge in [-0.2, -0.15) is 0 Å². The minimum Gasteiger partial charge on any atom is -0.489 e. The number of carbonyl (C=O) groups is 1. The molecule has 3 aromatic carbocycles. The summed E-state index contributed by atoms with van der Waals surface area (Å²) >= 11 is 6.06. The van der Waals surface area contributed by atoms with Crippen molar-refractivity contribution in [2.24, 2.45) is 0 Å². The van der Waals surface area contributed by atoms with E-state index < -0.39 is 0 Å². The lowest BCUT2D eigenvalue weighted by Gasteiger charge is -2.09. The largest absolute Gasteiger partial charge is 0.489 e. The molecule has 0 aliphatic heterocycles. The van der Waals surface area contributed by atoms with E-state index in [1.54, 1.807) is 24.3 Å². The van der Waals surface area contributed by atoms with Crippen LogP contribution in [-0.2, 0) is 6.61 Å². The van der Waals surface area contributed by atoms with Crippen molar-refractivity contribution in [1.82, 2.24) is 0 Å². The molecule has 0 bridgehead atoms. The van der Waals surface area contributed by atoms with E-state index >= 15 is 0 Å². The molecule has 1 N–H and O–H groups in total. The summed E-state index contributed by atoms with van der Waals surface area (Å²) in [6.07, 6.45) is 0. The van der Waals surface area contributed by atoms with Gasteiger partial charge in [-0.3, -0.25) is 4.79 Å². The molecule has 0 radical (unpaired) electrons. The molecule has 3 aromatic rings. The summed E-state index contributed by atoms with van der Waals surface area (Å²) in [4.78, 5) is 12.3. The van der Waals surface area contributed by atoms with Crippen molar-refractivity contribution in [2.45, 2.75) is 13.5 Å². The van der Waals surface area contributed by atoms with Gasteiger partial charge < -0.3 is 10.1 Å². The van der Waals surface area contributed by atoms with Gasteiger partial charge in [0.2, 0.25) is 0 Å². The molecule has 0 aromatic heterocycles. The Kier molecular flexibility index (Phi) is 5.36. The van der Waals surface area contributed by atoms with Crippen molar-refractivity contribution in [1.29, 1.82) is 0 Å². The standard InChI is InChI=1S/C21H18ClNO2/c1-15-6-12-18(13-7-15)25-14-16-8-10-17(11-9-16)21(24)23-20-5-3-2-4-19(20)22/h2-13H,14H2,1H3,(H,23,24). The van der Waals surface area contributed by atoms with Crippen LogP contribution >= 0.6 is 11.6 Å². The van der Waals surface area contributed by atoms with Crippen molar-refractivity contribution in [3.05, 3.63) is 94.5 Å². The van der Waals surface area contributed by atoms with Gasteiger partial charge in [0.15, 0.2) is 0 Å². The topological polar surface area (TPSA) is 38.3 Å². The molecule has 1 amide bonds. The van der Waals surface area contributed by atoms with Gasteiger partial charge in [0.25, 0.3) is 5.91 Å². The molecule has 0 spiro atoms. The molecule has 0 fully saturated rings. The van der Waals surface area contributed by atoms with Crippen molar-refractivity contribution in [3.63, 3.8) is 0 Å². The molecular weight excluding hydrogens is 334 g/mol. The summed E-state index contributed by atoms with van der Waals surface area (Å²) in [5.74, 6) is 0.630. The lowest BCUT2D eigenvalue weighted by atomic mass is 10.1. The summed E-state index contributed by atoms with van der Waals surface area (Å²) in [5, 5.41) is 3.32. The number of halogens is 1. The molecular formula is C21H18ClNO2. The van der Waals surface area contributed by atoms with Crippen LogP contribution < -0.4 is 10.1 Å². The summed E-state index contributed by atoms with van der Waals surface area (Å²) in [5.41, 5.74) is 3.36. The molecule has 4 heteroatoms. The van der Waals surface area contributed by atoms with E-state index in [9.17, 15) is 4.79 Å². The van der Waals surface area contributed by atoms with Crippen LogP contribution in [-0.4, -0.2) is 5.91 Å². The Bertz CT molecular complexity index is 858. The van der Waals surface area contributed by atoms with E-state index in [1.807, 2.05) is 55.5 Å². The molecule has 126 valence electrons. The van der Waals surface area contributed by atoms with Gasteiger partial charge in [-0.15, -0.1) is 0 Å². The number of hydrogen-bond acceptors (Lipinski definition) is 2. The molecule has 0 atom stereocenters. The Hall–Kier alpha value is -2.78. The molecule has 0 aliphatic rings. The van der Waals surface area contributed by atoms with Crippen molar-refractivity contribution in [3.8, 4) is 5.75 Å². The number of carbonyl (C=O) groups excluding carboxylic acids is 1. The molecule has 0 aliphatic carbocycles. The zero-order valence-electron chi connectivity index (χ0n) is 13.8. The van der Waals surface area contributed by atoms with Gasteiger partial charge >= 0.3 is 0 Å². The Labute approximate surface area is 152 Å². The van der Waals surface area contributed by atoms with Crippen LogP contribution in [0, 0.1) is 6.92 Å². The van der Waals surface area contributed by atoms with Gasteiger partial charge in [-0.25, -0.2) is 0 Å². The second-order valence-corrected chi connectivity index (χ2v) is 6.14. The Morgan fingerprint density at radius 1 is 0.960 bits per heavy atom. The minimum absolute atomic E-state index is 0.195. The highest BCUT2D eigenvalue weighted by atomic mass is 35.5. The molecule has 0 saturated heterocycles. The second-order valence-electron chi connectivity index (χ2n) is 5.73. The lowest BCUT2D eigenvalue weighted by Crippen LogP contribution is -2.12. The quantitative estimate of drug-likeness (QED) is 0.661. The van der Waals surface area contributed by atoms with E-state index in [-0.39, 0.29) is 5.91 Å². The summed E-state index contributed by atoms with van der Waals surface area (Å²) in [6, 6.07) is 22.4. The Morgan fingerprint density at radius 2 is 1.64 bits per heavy atom. The molecule has 25 heavy (non-hydrogen) atoms. The van der Waals surface area contributed by atoms with E-state index in [0.717, 1.165) is 11.3 Å². The van der Waals surface area contributed by atoms with Crippen LogP contribution in [0.15, 0.2) is 72.8 Å². The number of rotatable bonds is 5. The number of amides is 1. The van der Waals surface area contributed by atoms with E-state index in [4.69, 9.17) is 16.3 Å².